The van der Waals surface area contributed by atoms with Crippen molar-refractivity contribution in [2.75, 3.05) is 14.2 Å². The smallest absolute Gasteiger partial charge is 0.138 e. The van der Waals surface area contributed by atoms with Crippen molar-refractivity contribution in [2.24, 2.45) is 0 Å². The number of aryl methyl sites for hydroxylation is 2. The lowest BCUT2D eigenvalue weighted by atomic mass is 10.00. The van der Waals surface area contributed by atoms with E-state index in [4.69, 9.17) is 14.2 Å². The van der Waals surface area contributed by atoms with Gasteiger partial charge in [0.1, 0.15) is 30.8 Å². The molecule has 1 fully saturated rings. The summed E-state index contributed by atoms with van der Waals surface area (Å²) in [6.07, 6.45) is 0.00524. The van der Waals surface area contributed by atoms with Crippen LogP contribution in [-0.2, 0) is 16.1 Å². The number of ether oxygens (including phenoxy) is 3. The average Bonchev–Trinajstić information content (AvgIpc) is 3.37. The molecule has 3 atom stereocenters. The number of rotatable bonds is 7. The van der Waals surface area contributed by atoms with Gasteiger partial charge in [0, 0.05) is 7.11 Å². The molecule has 1 saturated heterocycles. The molecular weight excluding hydrogens is 302 g/mol. The second-order valence-corrected chi connectivity index (χ2v) is 6.22. The van der Waals surface area contributed by atoms with Crippen LogP contribution in [0.5, 0.6) is 5.75 Å². The molecule has 0 aliphatic carbocycles. The Morgan fingerprint density at radius 2 is 1.96 bits per heavy atom. The van der Waals surface area contributed by atoms with Crippen LogP contribution in [0, 0.1) is 13.8 Å². The molecule has 2 aromatic rings. The van der Waals surface area contributed by atoms with Crippen LogP contribution >= 0.6 is 0 Å². The highest BCUT2D eigenvalue weighted by Gasteiger charge is 2.45. The Morgan fingerprint density at radius 3 is 2.67 bits per heavy atom. The van der Waals surface area contributed by atoms with Gasteiger partial charge in [-0.2, -0.15) is 0 Å². The Bertz CT molecular complexity index is 701. The fraction of sp³-hybridized carbons (Fsp3) is 0.400. The standard InChI is InChI=1S/C20H25NO3/c1-13-9-10-14(2)17(11-13)23-12-15-7-5-6-8-16(15)18(22-4)19-20(21-3)24-19/h5-11,18-21H,12H2,1-4H3. The minimum absolute atomic E-state index is 0.0434. The van der Waals surface area contributed by atoms with Crippen molar-refractivity contribution in [3.05, 3.63) is 64.7 Å². The number of epoxide rings is 1. The molecule has 3 unspecified atom stereocenters. The molecule has 24 heavy (non-hydrogen) atoms. The molecule has 3 rings (SSSR count). The van der Waals surface area contributed by atoms with Crippen molar-refractivity contribution in [3.63, 3.8) is 0 Å². The molecule has 4 nitrogen and oxygen atoms in total. The Labute approximate surface area is 143 Å². The maximum absolute atomic E-state index is 6.08. The zero-order valence-electron chi connectivity index (χ0n) is 14.7. The third kappa shape index (κ3) is 3.61. The van der Waals surface area contributed by atoms with E-state index in [1.807, 2.05) is 19.2 Å². The topological polar surface area (TPSA) is 43.0 Å². The number of likely N-dealkylation sites (N-methyl/N-ethyl adjacent to an activating group) is 1. The van der Waals surface area contributed by atoms with Crippen molar-refractivity contribution in [1.29, 1.82) is 0 Å². The molecule has 2 aromatic carbocycles. The van der Waals surface area contributed by atoms with Crippen LogP contribution in [0.3, 0.4) is 0 Å². The minimum atomic E-state index is -0.0964. The Morgan fingerprint density at radius 1 is 1.17 bits per heavy atom. The van der Waals surface area contributed by atoms with E-state index in [9.17, 15) is 0 Å². The van der Waals surface area contributed by atoms with Crippen molar-refractivity contribution >= 4 is 0 Å². The largest absolute Gasteiger partial charge is 0.489 e. The van der Waals surface area contributed by atoms with Gasteiger partial charge < -0.3 is 14.2 Å². The molecule has 0 spiro atoms. The van der Waals surface area contributed by atoms with Gasteiger partial charge in [0.05, 0.1) is 0 Å². The first-order valence-corrected chi connectivity index (χ1v) is 8.27. The van der Waals surface area contributed by atoms with E-state index in [1.165, 1.54) is 5.56 Å². The molecule has 0 saturated carbocycles. The summed E-state index contributed by atoms with van der Waals surface area (Å²) in [4.78, 5) is 0. The van der Waals surface area contributed by atoms with Crippen LogP contribution in [0.15, 0.2) is 42.5 Å². The number of methoxy groups -OCH3 is 1. The fourth-order valence-electron chi connectivity index (χ4n) is 2.99. The Kier molecular flexibility index (Phi) is 5.19. The van der Waals surface area contributed by atoms with Crippen molar-refractivity contribution in [1.82, 2.24) is 5.32 Å². The first-order chi connectivity index (χ1) is 11.6. The van der Waals surface area contributed by atoms with Gasteiger partial charge in [-0.1, -0.05) is 36.4 Å². The first kappa shape index (κ1) is 17.0. The molecule has 0 bridgehead atoms. The first-order valence-electron chi connectivity index (χ1n) is 8.27. The van der Waals surface area contributed by atoms with E-state index in [1.54, 1.807) is 7.11 Å². The van der Waals surface area contributed by atoms with E-state index in [0.29, 0.717) is 6.61 Å². The molecule has 1 N–H and O–H groups in total. The van der Waals surface area contributed by atoms with Crippen LogP contribution in [0.4, 0.5) is 0 Å². The molecule has 4 heteroatoms. The van der Waals surface area contributed by atoms with E-state index in [2.05, 4.69) is 49.5 Å². The third-order valence-corrected chi connectivity index (χ3v) is 4.45. The fourth-order valence-corrected chi connectivity index (χ4v) is 2.99. The van der Waals surface area contributed by atoms with E-state index in [0.717, 1.165) is 22.4 Å². The van der Waals surface area contributed by atoms with Gasteiger partial charge in [-0.25, -0.2) is 0 Å². The summed E-state index contributed by atoms with van der Waals surface area (Å²) in [5.74, 6) is 0.926. The van der Waals surface area contributed by atoms with Gasteiger partial charge in [0.25, 0.3) is 0 Å². The summed E-state index contributed by atoms with van der Waals surface area (Å²) < 4.78 is 17.4. The summed E-state index contributed by atoms with van der Waals surface area (Å²) in [7, 11) is 3.62. The van der Waals surface area contributed by atoms with Gasteiger partial charge in [-0.3, -0.25) is 5.32 Å². The van der Waals surface area contributed by atoms with Crippen molar-refractivity contribution in [3.8, 4) is 5.75 Å². The molecule has 0 radical (unpaired) electrons. The van der Waals surface area contributed by atoms with Crippen LogP contribution < -0.4 is 10.1 Å². The van der Waals surface area contributed by atoms with Gasteiger partial charge in [0.15, 0.2) is 0 Å². The van der Waals surface area contributed by atoms with Crippen LogP contribution in [0.2, 0.25) is 0 Å². The normalized spacial score (nSPS) is 20.7. The molecule has 0 aromatic heterocycles. The van der Waals surface area contributed by atoms with Crippen molar-refractivity contribution in [2.45, 2.75) is 38.9 Å². The average molecular weight is 327 g/mol. The number of benzene rings is 2. The maximum atomic E-state index is 6.08. The minimum Gasteiger partial charge on any atom is -0.489 e. The monoisotopic (exact) mass is 327 g/mol. The Balaban J connectivity index is 1.78. The van der Waals surface area contributed by atoms with Crippen LogP contribution in [0.1, 0.15) is 28.4 Å². The lowest BCUT2D eigenvalue weighted by Gasteiger charge is -2.18. The van der Waals surface area contributed by atoms with Crippen molar-refractivity contribution < 1.29 is 14.2 Å². The Hall–Kier alpha value is -1.88. The van der Waals surface area contributed by atoms with Crippen LogP contribution in [-0.4, -0.2) is 26.5 Å². The lowest BCUT2D eigenvalue weighted by molar-refractivity contribution is 0.0745. The highest BCUT2D eigenvalue weighted by molar-refractivity contribution is 5.37. The van der Waals surface area contributed by atoms with Gasteiger partial charge >= 0.3 is 0 Å². The summed E-state index contributed by atoms with van der Waals surface area (Å²) in [6, 6.07) is 14.5. The zero-order valence-corrected chi connectivity index (χ0v) is 14.7. The zero-order chi connectivity index (χ0) is 17.1. The van der Waals surface area contributed by atoms with E-state index in [-0.39, 0.29) is 18.4 Å². The number of nitrogens with one attached hydrogen (secondary N) is 1. The number of hydrogen-bond acceptors (Lipinski definition) is 4. The quantitative estimate of drug-likeness (QED) is 0.790. The highest BCUT2D eigenvalue weighted by atomic mass is 16.6. The molecule has 128 valence electrons. The number of hydrogen-bond donors (Lipinski definition) is 1. The molecule has 1 aliphatic heterocycles. The molecule has 1 aliphatic rings. The molecular formula is C20H25NO3. The predicted molar refractivity (Wildman–Crippen MR) is 94.2 cm³/mol. The maximum Gasteiger partial charge on any atom is 0.138 e. The SMILES string of the molecule is CNC1OC1C(OC)c1ccccc1COc1cc(C)ccc1C. The second kappa shape index (κ2) is 7.34. The van der Waals surface area contributed by atoms with Gasteiger partial charge in [-0.15, -0.1) is 0 Å². The summed E-state index contributed by atoms with van der Waals surface area (Å²) in [5.41, 5.74) is 4.58. The molecule has 0 amide bonds. The van der Waals surface area contributed by atoms with Gasteiger partial charge in [0.2, 0.25) is 0 Å². The summed E-state index contributed by atoms with van der Waals surface area (Å²) in [5, 5.41) is 3.13. The van der Waals surface area contributed by atoms with Gasteiger partial charge in [-0.05, 0) is 49.2 Å². The third-order valence-electron chi connectivity index (χ3n) is 4.45. The van der Waals surface area contributed by atoms with E-state index < -0.39 is 0 Å². The molecule has 1 heterocycles. The van der Waals surface area contributed by atoms with E-state index >= 15 is 0 Å². The lowest BCUT2D eigenvalue weighted by Crippen LogP contribution is -2.20. The second-order valence-electron chi connectivity index (χ2n) is 6.22. The summed E-state index contributed by atoms with van der Waals surface area (Å²) >= 11 is 0. The predicted octanol–water partition coefficient (Wildman–Crippen LogP) is 3.51. The highest BCUT2D eigenvalue weighted by Crippen LogP contribution is 2.36. The summed E-state index contributed by atoms with van der Waals surface area (Å²) in [6.45, 7) is 4.65. The van der Waals surface area contributed by atoms with Crippen LogP contribution in [0.25, 0.3) is 0 Å².